The first-order valence-corrected chi connectivity index (χ1v) is 7.26. The van der Waals surface area contributed by atoms with E-state index in [4.69, 9.17) is 0 Å². The van der Waals surface area contributed by atoms with E-state index in [9.17, 15) is 0 Å². The van der Waals surface area contributed by atoms with Crippen molar-refractivity contribution in [2.24, 2.45) is 0 Å². The number of hydrogen-bond donors (Lipinski definition) is 1. The molecule has 0 aliphatic carbocycles. The molecule has 0 amide bonds. The molecule has 3 rings (SSSR count). The third-order valence-electron chi connectivity index (χ3n) is 3.78. The quantitative estimate of drug-likeness (QED) is 0.928. The fourth-order valence-electron chi connectivity index (χ4n) is 2.68. The number of rotatable bonds is 4. The fourth-order valence-corrected chi connectivity index (χ4v) is 2.68. The highest BCUT2D eigenvalue weighted by molar-refractivity contribution is 5.72. The number of aryl methyl sites for hydroxylation is 1. The second-order valence-electron chi connectivity index (χ2n) is 5.27. The van der Waals surface area contributed by atoms with E-state index in [0.717, 1.165) is 31.9 Å². The number of nitrogens with zero attached hydrogens (tertiary/aromatic N) is 4. The Labute approximate surface area is 119 Å². The summed E-state index contributed by atoms with van der Waals surface area (Å²) in [6.07, 6.45) is 2.73. The summed E-state index contributed by atoms with van der Waals surface area (Å²) in [5.41, 5.74) is 2.45. The summed E-state index contributed by atoms with van der Waals surface area (Å²) >= 11 is 0. The molecule has 1 atom stereocenters. The van der Waals surface area contributed by atoms with Crippen LogP contribution in [0.4, 0.5) is 11.4 Å². The first-order valence-electron chi connectivity index (χ1n) is 7.26. The molecule has 1 unspecified atom stereocenters. The van der Waals surface area contributed by atoms with E-state index in [1.54, 1.807) is 6.33 Å². The Bertz CT molecular complexity index is 577. The number of fused-ring (bicyclic) bond motifs is 1. The van der Waals surface area contributed by atoms with Crippen LogP contribution in [0.5, 0.6) is 0 Å². The molecule has 20 heavy (non-hydrogen) atoms. The van der Waals surface area contributed by atoms with Gasteiger partial charge in [-0.3, -0.25) is 0 Å². The maximum atomic E-state index is 4.43. The lowest BCUT2D eigenvalue weighted by atomic mass is 10.1. The molecule has 0 fully saturated rings. The zero-order chi connectivity index (χ0) is 13.9. The monoisotopic (exact) mass is 271 g/mol. The topological polar surface area (TPSA) is 46.0 Å². The van der Waals surface area contributed by atoms with Crippen LogP contribution in [0.25, 0.3) is 0 Å². The molecule has 0 saturated heterocycles. The van der Waals surface area contributed by atoms with Crippen LogP contribution in [0, 0.1) is 0 Å². The Hall–Kier alpha value is -2.04. The predicted octanol–water partition coefficient (Wildman–Crippen LogP) is 2.51. The third kappa shape index (κ3) is 2.35. The largest absolute Gasteiger partial charge is 0.381 e. The van der Waals surface area contributed by atoms with Crippen LogP contribution in [0.2, 0.25) is 0 Å². The van der Waals surface area contributed by atoms with Crippen LogP contribution < -0.4 is 10.2 Å². The van der Waals surface area contributed by atoms with Gasteiger partial charge in [0.15, 0.2) is 0 Å². The van der Waals surface area contributed by atoms with Crippen LogP contribution in [0.15, 0.2) is 30.6 Å². The molecule has 1 aliphatic heterocycles. The van der Waals surface area contributed by atoms with Crippen molar-refractivity contribution in [1.29, 1.82) is 0 Å². The van der Waals surface area contributed by atoms with E-state index in [1.165, 1.54) is 11.4 Å². The highest BCUT2D eigenvalue weighted by Gasteiger charge is 2.23. The van der Waals surface area contributed by atoms with Gasteiger partial charge in [0.1, 0.15) is 12.2 Å². The average Bonchev–Trinajstić information content (AvgIpc) is 2.90. The maximum Gasteiger partial charge on any atom is 0.146 e. The normalized spacial score (nSPS) is 17.7. The van der Waals surface area contributed by atoms with E-state index >= 15 is 0 Å². The second kappa shape index (κ2) is 5.53. The van der Waals surface area contributed by atoms with Crippen LogP contribution in [0.3, 0.4) is 0 Å². The number of para-hydroxylation sites is 2. The Morgan fingerprint density at radius 1 is 1.35 bits per heavy atom. The molecule has 0 saturated carbocycles. The smallest absolute Gasteiger partial charge is 0.146 e. The van der Waals surface area contributed by atoms with Crippen LogP contribution in [0.1, 0.15) is 26.1 Å². The minimum atomic E-state index is 0.441. The molecule has 1 aromatic carbocycles. The van der Waals surface area contributed by atoms with Crippen molar-refractivity contribution >= 4 is 11.4 Å². The van der Waals surface area contributed by atoms with E-state index in [2.05, 4.69) is 58.4 Å². The van der Waals surface area contributed by atoms with Crippen molar-refractivity contribution in [3.05, 3.63) is 36.4 Å². The van der Waals surface area contributed by atoms with Gasteiger partial charge in [0.05, 0.1) is 17.9 Å². The molecule has 2 heterocycles. The summed E-state index contributed by atoms with van der Waals surface area (Å²) in [6.45, 7) is 7.09. The number of hydrogen-bond acceptors (Lipinski definition) is 4. The molecule has 5 nitrogen and oxygen atoms in total. The van der Waals surface area contributed by atoms with E-state index in [1.807, 2.05) is 4.68 Å². The fraction of sp³-hybridized carbons (Fsp3) is 0.467. The van der Waals surface area contributed by atoms with Gasteiger partial charge in [-0.15, -0.1) is 0 Å². The first kappa shape index (κ1) is 13.0. The molecule has 1 aliphatic rings. The second-order valence-corrected chi connectivity index (χ2v) is 5.27. The molecule has 106 valence electrons. The number of aromatic nitrogens is 3. The zero-order valence-electron chi connectivity index (χ0n) is 12.1. The summed E-state index contributed by atoms with van der Waals surface area (Å²) in [4.78, 5) is 6.83. The van der Waals surface area contributed by atoms with Gasteiger partial charge in [0.2, 0.25) is 0 Å². The van der Waals surface area contributed by atoms with E-state index < -0.39 is 0 Å². The predicted molar refractivity (Wildman–Crippen MR) is 80.9 cm³/mol. The van der Waals surface area contributed by atoms with Gasteiger partial charge >= 0.3 is 0 Å². The van der Waals surface area contributed by atoms with E-state index in [0.29, 0.717) is 6.04 Å². The molecule has 0 bridgehead atoms. The van der Waals surface area contributed by atoms with Gasteiger partial charge in [-0.2, -0.15) is 5.10 Å². The van der Waals surface area contributed by atoms with Crippen molar-refractivity contribution in [2.75, 3.05) is 16.8 Å². The molecule has 1 N–H and O–H groups in total. The Morgan fingerprint density at radius 3 is 3.05 bits per heavy atom. The lowest BCUT2D eigenvalue weighted by Gasteiger charge is -2.37. The standard InChI is InChI=1S/C15H21N5/c1-3-8-20-15(17-11-18-20)10-19-12(2)9-16-13-6-4-5-7-14(13)19/h4-7,11-12,16H,3,8-10H2,1-2H3. The summed E-state index contributed by atoms with van der Waals surface area (Å²) in [5.74, 6) is 1.04. The highest BCUT2D eigenvalue weighted by atomic mass is 15.4. The van der Waals surface area contributed by atoms with Gasteiger partial charge in [-0.1, -0.05) is 19.1 Å². The summed E-state index contributed by atoms with van der Waals surface area (Å²) in [6, 6.07) is 8.89. The third-order valence-corrected chi connectivity index (χ3v) is 3.78. The van der Waals surface area contributed by atoms with Crippen molar-refractivity contribution in [1.82, 2.24) is 14.8 Å². The number of anilines is 2. The molecule has 5 heteroatoms. The van der Waals surface area contributed by atoms with Gasteiger partial charge in [0, 0.05) is 19.1 Å². The lowest BCUT2D eigenvalue weighted by Crippen LogP contribution is -2.42. The molecule has 0 spiro atoms. The summed E-state index contributed by atoms with van der Waals surface area (Å²) < 4.78 is 2.01. The molecule has 1 aromatic heterocycles. The minimum absolute atomic E-state index is 0.441. The molecule has 0 radical (unpaired) electrons. The van der Waals surface area contributed by atoms with Crippen molar-refractivity contribution in [3.8, 4) is 0 Å². The maximum absolute atomic E-state index is 4.43. The highest BCUT2D eigenvalue weighted by Crippen LogP contribution is 2.31. The van der Waals surface area contributed by atoms with Crippen LogP contribution in [-0.4, -0.2) is 27.4 Å². The minimum Gasteiger partial charge on any atom is -0.381 e. The van der Waals surface area contributed by atoms with Gasteiger partial charge in [-0.05, 0) is 25.5 Å². The number of nitrogens with one attached hydrogen (secondary N) is 1. The summed E-state index contributed by atoms with van der Waals surface area (Å²) in [7, 11) is 0. The summed E-state index contributed by atoms with van der Waals surface area (Å²) in [5, 5.41) is 7.79. The Morgan fingerprint density at radius 2 is 2.20 bits per heavy atom. The lowest BCUT2D eigenvalue weighted by molar-refractivity contribution is 0.544. The average molecular weight is 271 g/mol. The molecular formula is C15H21N5. The van der Waals surface area contributed by atoms with E-state index in [-0.39, 0.29) is 0 Å². The first-order chi connectivity index (χ1) is 9.79. The van der Waals surface area contributed by atoms with Crippen molar-refractivity contribution < 1.29 is 0 Å². The Kier molecular flexibility index (Phi) is 3.58. The molecule has 2 aromatic rings. The van der Waals surface area contributed by atoms with Crippen LogP contribution in [-0.2, 0) is 13.1 Å². The van der Waals surface area contributed by atoms with Crippen LogP contribution >= 0.6 is 0 Å². The van der Waals surface area contributed by atoms with Crippen molar-refractivity contribution in [3.63, 3.8) is 0 Å². The SMILES string of the molecule is CCCn1ncnc1CN1c2ccccc2NCC1C. The van der Waals surface area contributed by atoms with Gasteiger partial charge in [-0.25, -0.2) is 9.67 Å². The van der Waals surface area contributed by atoms with Crippen molar-refractivity contribution in [2.45, 2.75) is 39.4 Å². The van der Waals surface area contributed by atoms with Gasteiger partial charge in [0.25, 0.3) is 0 Å². The Balaban J connectivity index is 1.88. The number of benzene rings is 1. The zero-order valence-corrected chi connectivity index (χ0v) is 12.1. The molecular weight excluding hydrogens is 250 g/mol. The van der Waals surface area contributed by atoms with Gasteiger partial charge < -0.3 is 10.2 Å².